The first-order valence-electron chi connectivity index (χ1n) is 36.9. The number of sulfonamides is 2. The molecule has 0 saturated carbocycles. The number of anilines is 10. The number of nitrogen functional groups attached to an aromatic ring is 5. The summed E-state index contributed by atoms with van der Waals surface area (Å²) in [6.45, 7) is 24.1. The van der Waals surface area contributed by atoms with E-state index in [0.717, 1.165) is 84.2 Å². The van der Waals surface area contributed by atoms with E-state index < -0.39 is 26.0 Å². The van der Waals surface area contributed by atoms with Gasteiger partial charge in [-0.15, -0.1) is 17.8 Å². The number of nitrogens with one attached hydrogen (secondary N) is 7. The predicted molar refractivity (Wildman–Crippen MR) is 480 cm³/mol. The fourth-order valence-electron chi connectivity index (χ4n) is 11.6. The van der Waals surface area contributed by atoms with Crippen LogP contribution in [0.5, 0.6) is 0 Å². The van der Waals surface area contributed by atoms with Crippen molar-refractivity contribution in [3.63, 3.8) is 0 Å². The van der Waals surface area contributed by atoms with E-state index >= 15 is 0 Å². The lowest BCUT2D eigenvalue weighted by atomic mass is 10.0. The number of amides is 1. The molecule has 19 N–H and O–H groups in total. The summed E-state index contributed by atoms with van der Waals surface area (Å²) < 4.78 is 56.3. The molecule has 0 aliphatic carbocycles. The second-order valence-electron chi connectivity index (χ2n) is 27.0. The van der Waals surface area contributed by atoms with Gasteiger partial charge in [-0.3, -0.25) is 9.48 Å². The lowest BCUT2D eigenvalue weighted by molar-refractivity contribution is -0.116. The Bertz CT molecular complexity index is 5820. The first kappa shape index (κ1) is 92.1. The highest BCUT2D eigenvalue weighted by Crippen LogP contribution is 2.36. The number of halogens is 3. The van der Waals surface area contributed by atoms with Crippen LogP contribution < -0.4 is 70.4 Å². The van der Waals surface area contributed by atoms with Crippen LogP contribution in [0.1, 0.15) is 74.2 Å². The van der Waals surface area contributed by atoms with Crippen molar-refractivity contribution in [2.24, 2.45) is 12.8 Å². The van der Waals surface area contributed by atoms with E-state index in [1.165, 1.54) is 44.1 Å². The molecule has 5 aromatic carbocycles. The van der Waals surface area contributed by atoms with Crippen LogP contribution in [0.3, 0.4) is 0 Å². The summed E-state index contributed by atoms with van der Waals surface area (Å²) in [4.78, 5) is 52.9. The van der Waals surface area contributed by atoms with Gasteiger partial charge in [0.2, 0.25) is 55.7 Å². The van der Waals surface area contributed by atoms with E-state index in [4.69, 9.17) is 80.9 Å². The molecule has 0 bridgehead atoms. The first-order chi connectivity index (χ1) is 56.5. The molecular formula is C82H95Cl3N26O5S3. The summed E-state index contributed by atoms with van der Waals surface area (Å²) >= 11 is 18.7. The summed E-state index contributed by atoms with van der Waals surface area (Å²) in [5.74, 6) is 5.80. The third kappa shape index (κ3) is 26.1. The van der Waals surface area contributed by atoms with Gasteiger partial charge < -0.3 is 61.0 Å². The standard InChI is InChI=1S/C20H26ClN7O2S.C19H21Cl2N5O2S2.C15H16N4.C14H17N5O.C14H15N5/c1-12-7-5-8-15(13(12)2)16-11-17(26-20(22)25-16)23-9-6-10-24-31(29,30)18-14(3)27-28(4)19(18)21;1-11-5-3-6-13(12(11)2)15-10-16(26-19(22)25-15)23-7-4-8-24-30(27,28)17-9-14(20)18(21)29-17;1-4-8-17-14-9-13(18-15(16)19-14)12-7-5-6-10(2)11(12)3;1-8-4-3-5-10(9(8)2)11-6-13(17-7-12(15)20)19-14(16)18-11;1-9-4-3-5-11(10(9)2)12-8-13(17-7-6-15)19-14(16)18-12/h5,7-8,11,24H,6,9-10H2,1-4H3,(H3,22,23,25,26);3,5-6,9-10,24H,4,7-8H2,1-2H3,(H3,22,23,25,26);1,5-7,9H,8H2,2-3H3,(H3,16,17,18,19);3-6H,7H2,1-2H3,(H2,15,20)(H3,16,17,18,19);3-5,8H,7H2,1-2H3,(H3,16,17,18,19). The van der Waals surface area contributed by atoms with Gasteiger partial charge in [0, 0.05) is 91.4 Å². The van der Waals surface area contributed by atoms with E-state index in [9.17, 15) is 21.6 Å². The Kier molecular flexibility index (Phi) is 33.0. The highest BCUT2D eigenvalue weighted by atomic mass is 35.5. The number of carbonyl (C=O) groups is 1. The smallest absolute Gasteiger partial charge is 0.250 e. The molecule has 7 aromatic heterocycles. The van der Waals surface area contributed by atoms with Crippen LogP contribution in [0.25, 0.3) is 56.3 Å². The number of terminal acetylenes is 1. The zero-order chi connectivity index (χ0) is 87.0. The molecule has 0 atom stereocenters. The number of nitriles is 1. The molecular weight excluding hydrogens is 1630 g/mol. The highest BCUT2D eigenvalue weighted by molar-refractivity contribution is 7.91. The third-order valence-corrected chi connectivity index (χ3v) is 24.4. The highest BCUT2D eigenvalue weighted by Gasteiger charge is 2.25. The number of primary amides is 1. The Morgan fingerprint density at radius 2 is 0.765 bits per heavy atom. The molecule has 0 spiro atoms. The van der Waals surface area contributed by atoms with Crippen molar-refractivity contribution in [2.75, 3.05) is 101 Å². The Morgan fingerprint density at radius 1 is 0.454 bits per heavy atom. The summed E-state index contributed by atoms with van der Waals surface area (Å²) in [7, 11) is -5.79. The van der Waals surface area contributed by atoms with Crippen LogP contribution in [0.2, 0.25) is 14.5 Å². The predicted octanol–water partition coefficient (Wildman–Crippen LogP) is 13.2. The Hall–Kier alpha value is -12.4. The van der Waals surface area contributed by atoms with Crippen molar-refractivity contribution in [3.05, 3.63) is 203 Å². The number of thiophene rings is 1. The molecule has 0 fully saturated rings. The molecule has 7 heterocycles. The van der Waals surface area contributed by atoms with Crippen molar-refractivity contribution < 1.29 is 21.6 Å². The monoisotopic (exact) mass is 1720 g/mol. The normalized spacial score (nSPS) is 10.9. The number of carbonyl (C=O) groups excluding carboxylic acids is 1. The van der Waals surface area contributed by atoms with Gasteiger partial charge in [-0.2, -0.15) is 35.3 Å². The molecule has 0 aliphatic heterocycles. The zero-order valence-electron chi connectivity index (χ0n) is 67.7. The van der Waals surface area contributed by atoms with Gasteiger partial charge in [0.1, 0.15) is 54.2 Å². The number of aryl methyl sites for hydroxylation is 7. The Labute approximate surface area is 712 Å². The molecule has 0 radical (unpaired) electrons. The summed E-state index contributed by atoms with van der Waals surface area (Å²) in [6, 6.07) is 42.6. The van der Waals surface area contributed by atoms with Gasteiger partial charge in [-0.1, -0.05) is 132 Å². The molecule has 0 saturated heterocycles. The van der Waals surface area contributed by atoms with Crippen molar-refractivity contribution in [2.45, 2.75) is 98.1 Å². The molecule has 622 valence electrons. The Morgan fingerprint density at radius 3 is 1.05 bits per heavy atom. The molecule has 37 heteroatoms. The quantitative estimate of drug-likeness (QED) is 0.0136. The summed E-state index contributed by atoms with van der Waals surface area (Å²) in [6.07, 6.45) is 6.28. The molecule has 31 nitrogen and oxygen atoms in total. The van der Waals surface area contributed by atoms with Crippen molar-refractivity contribution in [3.8, 4) is 74.7 Å². The van der Waals surface area contributed by atoms with E-state index in [2.05, 4.69) is 130 Å². The van der Waals surface area contributed by atoms with Crippen LogP contribution in [0.15, 0.2) is 136 Å². The van der Waals surface area contributed by atoms with Crippen LogP contribution in [0.4, 0.5) is 58.8 Å². The van der Waals surface area contributed by atoms with E-state index in [-0.39, 0.29) is 79.5 Å². The minimum Gasteiger partial charge on any atom is -0.370 e. The number of nitrogens with zero attached hydrogens (tertiary/aromatic N) is 13. The summed E-state index contributed by atoms with van der Waals surface area (Å²) in [5.41, 5.74) is 54.8. The number of hydrogen-bond acceptors (Lipinski definition) is 28. The van der Waals surface area contributed by atoms with E-state index in [0.29, 0.717) is 73.0 Å². The fourth-order valence-corrected chi connectivity index (χ4v) is 16.4. The van der Waals surface area contributed by atoms with Gasteiger partial charge in [0.15, 0.2) is 0 Å². The average molecular weight is 1730 g/mol. The van der Waals surface area contributed by atoms with Crippen LogP contribution in [-0.4, -0.2) is 128 Å². The topological polar surface area (TPSA) is 496 Å². The zero-order valence-corrected chi connectivity index (χ0v) is 72.5. The second-order valence-corrected chi connectivity index (χ2v) is 33.1. The maximum Gasteiger partial charge on any atom is 0.250 e. The third-order valence-electron chi connectivity index (χ3n) is 18.4. The number of benzene rings is 5. The van der Waals surface area contributed by atoms with Crippen molar-refractivity contribution >= 4 is 131 Å². The molecule has 0 unspecified atom stereocenters. The Balaban J connectivity index is 0.000000189. The maximum absolute atomic E-state index is 12.5. The van der Waals surface area contributed by atoms with Gasteiger partial charge in [-0.25, -0.2) is 51.2 Å². The lowest BCUT2D eigenvalue weighted by Gasteiger charge is -2.11. The lowest BCUT2D eigenvalue weighted by Crippen LogP contribution is -2.26. The van der Waals surface area contributed by atoms with Crippen LogP contribution in [-0.2, 0) is 31.9 Å². The number of aromatic nitrogens is 12. The molecule has 12 rings (SSSR count). The maximum atomic E-state index is 12.5. The average Bonchev–Trinajstić information content (AvgIpc) is 1.71. The fraction of sp³-hybridized carbons (Fsp3) is 0.256. The van der Waals surface area contributed by atoms with Gasteiger partial charge in [0.05, 0.1) is 58.3 Å². The molecule has 0 aliphatic rings. The number of nitrogens with two attached hydrogens (primary N) is 6. The van der Waals surface area contributed by atoms with Gasteiger partial charge in [0.25, 0.3) is 0 Å². The first-order valence-corrected chi connectivity index (χ1v) is 41.9. The number of hydrogen-bond donors (Lipinski definition) is 13. The van der Waals surface area contributed by atoms with Crippen LogP contribution in [0, 0.1) is 99.8 Å². The summed E-state index contributed by atoms with van der Waals surface area (Å²) in [5, 5.41) is 28.0. The van der Waals surface area contributed by atoms with Gasteiger partial charge in [-0.05, 0) is 151 Å². The van der Waals surface area contributed by atoms with Crippen molar-refractivity contribution in [1.82, 2.24) is 69.1 Å². The molecule has 12 aromatic rings. The van der Waals surface area contributed by atoms with E-state index in [1.807, 2.05) is 152 Å². The van der Waals surface area contributed by atoms with Gasteiger partial charge >= 0.3 is 0 Å². The van der Waals surface area contributed by atoms with Crippen LogP contribution >= 0.6 is 46.1 Å². The van der Waals surface area contributed by atoms with Crippen molar-refractivity contribution in [1.29, 1.82) is 5.26 Å². The minimum absolute atomic E-state index is 0.00267. The SMILES string of the molecule is C#CCNc1cc(-c2cccc(C)c2C)nc(N)n1.Cc1cccc(-c2cc(NCC#N)nc(N)n2)c1C.Cc1cccc(-c2cc(NCC(N)=O)nc(N)n2)c1C.Cc1cccc(-c2cc(NCCCNS(=O)(=O)c3c(C)nn(C)c3Cl)nc(N)n2)c1C.Cc1cccc(-c2cc(NCCCNS(=O)(=O)c3cc(Cl)c(Cl)s3)nc(N)n2)c1C. The molecule has 119 heavy (non-hydrogen) atoms. The largest absolute Gasteiger partial charge is 0.370 e. The minimum atomic E-state index is -3.74. The second kappa shape index (κ2) is 42.7. The molecule has 1 amide bonds. The van der Waals surface area contributed by atoms with E-state index in [1.54, 1.807) is 26.1 Å². The number of rotatable bonds is 26.